The van der Waals surface area contributed by atoms with Crippen molar-refractivity contribution in [3.05, 3.63) is 182 Å². The van der Waals surface area contributed by atoms with Gasteiger partial charge in [-0.3, -0.25) is 0 Å². The summed E-state index contributed by atoms with van der Waals surface area (Å²) in [7, 11) is 0. The van der Waals surface area contributed by atoms with Gasteiger partial charge in [0.25, 0.3) is 0 Å². The monoisotopic (exact) mass is 642 g/mol. The molecule has 0 spiro atoms. The van der Waals surface area contributed by atoms with Gasteiger partial charge in [0.2, 0.25) is 0 Å². The van der Waals surface area contributed by atoms with Gasteiger partial charge in [0.05, 0.1) is 11.4 Å². The minimum Gasteiger partial charge on any atom is -0.228 e. The summed E-state index contributed by atoms with van der Waals surface area (Å²) in [4.78, 5) is 10.3. The molecule has 0 unspecified atom stereocenters. The minimum absolute atomic E-state index is 0.708. The largest absolute Gasteiger partial charge is 0.228 e. The van der Waals surface area contributed by atoms with Gasteiger partial charge in [-0.2, -0.15) is 0 Å². The van der Waals surface area contributed by atoms with E-state index in [-0.39, 0.29) is 0 Å². The molecule has 0 aliphatic heterocycles. The second-order valence-corrected chi connectivity index (χ2v) is 13.3. The van der Waals surface area contributed by atoms with Crippen molar-refractivity contribution in [2.24, 2.45) is 0 Å². The number of thiophene rings is 1. The molecule has 2 aromatic heterocycles. The zero-order valence-corrected chi connectivity index (χ0v) is 27.4. The fourth-order valence-corrected chi connectivity index (χ4v) is 7.91. The highest BCUT2D eigenvalue weighted by Gasteiger charge is 2.17. The normalized spacial score (nSPS) is 11.3. The second kappa shape index (κ2) is 12.5. The smallest absolute Gasteiger partial charge is 0.160 e. The third-order valence-electron chi connectivity index (χ3n) is 9.09. The van der Waals surface area contributed by atoms with Crippen molar-refractivity contribution in [3.63, 3.8) is 0 Å². The van der Waals surface area contributed by atoms with Crippen LogP contribution < -0.4 is 0 Å². The van der Waals surface area contributed by atoms with Gasteiger partial charge in [-0.15, -0.1) is 11.3 Å². The van der Waals surface area contributed by atoms with Crippen LogP contribution in [0.25, 0.3) is 87.5 Å². The van der Waals surface area contributed by atoms with Crippen LogP contribution in [0.2, 0.25) is 0 Å². The summed E-state index contributed by atoms with van der Waals surface area (Å²) in [5.74, 6) is 0.708. The molecule has 49 heavy (non-hydrogen) atoms. The van der Waals surface area contributed by atoms with Crippen LogP contribution in [-0.2, 0) is 0 Å². The molecule has 0 aliphatic rings. The van der Waals surface area contributed by atoms with Gasteiger partial charge in [-0.1, -0.05) is 146 Å². The van der Waals surface area contributed by atoms with E-state index in [9.17, 15) is 0 Å². The highest BCUT2D eigenvalue weighted by atomic mass is 32.1. The molecule has 9 rings (SSSR count). The molecule has 9 aromatic rings. The Bertz CT molecular complexity index is 2530. The van der Waals surface area contributed by atoms with Crippen molar-refractivity contribution in [2.45, 2.75) is 0 Å². The maximum atomic E-state index is 5.24. The lowest BCUT2D eigenvalue weighted by Crippen LogP contribution is -1.96. The number of aromatic nitrogens is 2. The topological polar surface area (TPSA) is 25.8 Å². The highest BCUT2D eigenvalue weighted by molar-refractivity contribution is 7.25. The standard InChI is InChI=1S/C46H30N2S/c1-4-15-31(16-5-1)37-21-10-11-22-38(37)34-27-35(39-24-14-26-44-45(39)40-23-12-13-25-43(40)49-44)29-36(28-34)42-30-41(32-17-6-2-7-18-32)47-46(48-42)33-19-8-3-9-20-33/h1-30H. The summed E-state index contributed by atoms with van der Waals surface area (Å²) >= 11 is 1.85. The Labute approximate surface area is 289 Å². The molecule has 0 fully saturated rings. The van der Waals surface area contributed by atoms with Crippen molar-refractivity contribution in [2.75, 3.05) is 0 Å². The summed E-state index contributed by atoms with van der Waals surface area (Å²) in [5.41, 5.74) is 12.0. The Balaban J connectivity index is 1.33. The molecule has 0 radical (unpaired) electrons. The molecule has 230 valence electrons. The summed E-state index contributed by atoms with van der Waals surface area (Å²) < 4.78 is 2.58. The number of hydrogen-bond acceptors (Lipinski definition) is 3. The summed E-state index contributed by atoms with van der Waals surface area (Å²) in [6, 6.07) is 64.5. The van der Waals surface area contributed by atoms with Crippen LogP contribution in [0.3, 0.4) is 0 Å². The summed E-state index contributed by atoms with van der Waals surface area (Å²) in [6.07, 6.45) is 0. The van der Waals surface area contributed by atoms with E-state index in [1.54, 1.807) is 0 Å². The first-order valence-corrected chi connectivity index (χ1v) is 17.3. The van der Waals surface area contributed by atoms with E-state index in [1.165, 1.54) is 42.4 Å². The Kier molecular flexibility index (Phi) is 7.38. The van der Waals surface area contributed by atoms with E-state index in [0.29, 0.717) is 5.82 Å². The molecular weight excluding hydrogens is 613 g/mol. The van der Waals surface area contributed by atoms with Crippen LogP contribution in [0.4, 0.5) is 0 Å². The summed E-state index contributed by atoms with van der Waals surface area (Å²) in [6.45, 7) is 0. The zero-order chi connectivity index (χ0) is 32.6. The Morgan fingerprint density at radius 1 is 0.327 bits per heavy atom. The van der Waals surface area contributed by atoms with E-state index in [2.05, 4.69) is 158 Å². The number of nitrogens with zero attached hydrogens (tertiary/aromatic N) is 2. The molecule has 0 aliphatic carbocycles. The molecule has 2 nitrogen and oxygen atoms in total. The van der Waals surface area contributed by atoms with E-state index in [0.717, 1.165) is 39.2 Å². The minimum atomic E-state index is 0.708. The van der Waals surface area contributed by atoms with E-state index >= 15 is 0 Å². The molecule has 0 bridgehead atoms. The first-order chi connectivity index (χ1) is 24.3. The predicted molar refractivity (Wildman–Crippen MR) is 208 cm³/mol. The lowest BCUT2D eigenvalue weighted by molar-refractivity contribution is 1.18. The molecule has 0 saturated heterocycles. The van der Waals surface area contributed by atoms with Crippen LogP contribution in [0.1, 0.15) is 0 Å². The van der Waals surface area contributed by atoms with Crippen molar-refractivity contribution in [1.82, 2.24) is 9.97 Å². The third-order valence-corrected chi connectivity index (χ3v) is 10.2. The predicted octanol–water partition coefficient (Wildman–Crippen LogP) is 12.8. The van der Waals surface area contributed by atoms with Gasteiger partial charge < -0.3 is 0 Å². The molecule has 7 aromatic carbocycles. The lowest BCUT2D eigenvalue weighted by atomic mass is 9.89. The SMILES string of the molecule is c1ccc(-c2cc(-c3cc(-c4ccccc4-c4ccccc4)cc(-c4cccc5sc6ccccc6c45)c3)nc(-c3ccccc3)n2)cc1. The molecule has 0 amide bonds. The number of fused-ring (bicyclic) bond motifs is 3. The first kappa shape index (κ1) is 29.0. The van der Waals surface area contributed by atoms with Gasteiger partial charge in [-0.05, 0) is 69.8 Å². The Hall–Kier alpha value is -6.16. The number of rotatable bonds is 6. The average molecular weight is 643 g/mol. The van der Waals surface area contributed by atoms with E-state index in [4.69, 9.17) is 9.97 Å². The van der Waals surface area contributed by atoms with Crippen LogP contribution in [0, 0.1) is 0 Å². The fourth-order valence-electron chi connectivity index (χ4n) is 6.77. The molecular formula is C46H30N2S. The molecule has 2 heterocycles. The van der Waals surface area contributed by atoms with Crippen LogP contribution in [0.15, 0.2) is 182 Å². The Morgan fingerprint density at radius 3 is 1.53 bits per heavy atom. The second-order valence-electron chi connectivity index (χ2n) is 12.2. The molecule has 0 N–H and O–H groups in total. The van der Waals surface area contributed by atoms with E-state index < -0.39 is 0 Å². The van der Waals surface area contributed by atoms with Gasteiger partial charge in [-0.25, -0.2) is 9.97 Å². The van der Waals surface area contributed by atoms with Crippen molar-refractivity contribution in [3.8, 4) is 67.3 Å². The lowest BCUT2D eigenvalue weighted by Gasteiger charge is -2.16. The fraction of sp³-hybridized carbons (Fsp3) is 0. The molecule has 3 heteroatoms. The van der Waals surface area contributed by atoms with Crippen molar-refractivity contribution >= 4 is 31.5 Å². The molecule has 0 saturated carbocycles. The maximum absolute atomic E-state index is 5.24. The third kappa shape index (κ3) is 5.50. The van der Waals surface area contributed by atoms with Gasteiger partial charge in [0.1, 0.15) is 0 Å². The first-order valence-electron chi connectivity index (χ1n) is 16.5. The zero-order valence-electron chi connectivity index (χ0n) is 26.6. The molecule has 0 atom stereocenters. The summed E-state index contributed by atoms with van der Waals surface area (Å²) in [5, 5.41) is 2.58. The van der Waals surface area contributed by atoms with E-state index in [1.807, 2.05) is 35.6 Å². The van der Waals surface area contributed by atoms with Crippen molar-refractivity contribution in [1.29, 1.82) is 0 Å². The maximum Gasteiger partial charge on any atom is 0.160 e. The van der Waals surface area contributed by atoms with Crippen LogP contribution in [-0.4, -0.2) is 9.97 Å². The van der Waals surface area contributed by atoms with Gasteiger partial charge >= 0.3 is 0 Å². The average Bonchev–Trinajstić information content (AvgIpc) is 3.58. The van der Waals surface area contributed by atoms with Gasteiger partial charge in [0, 0.05) is 36.9 Å². The number of benzene rings is 7. The Morgan fingerprint density at radius 2 is 0.816 bits per heavy atom. The highest BCUT2D eigenvalue weighted by Crippen LogP contribution is 2.43. The number of hydrogen-bond donors (Lipinski definition) is 0. The quantitative estimate of drug-likeness (QED) is 0.180. The van der Waals surface area contributed by atoms with Gasteiger partial charge in [0.15, 0.2) is 5.82 Å². The van der Waals surface area contributed by atoms with Crippen LogP contribution in [0.5, 0.6) is 0 Å². The van der Waals surface area contributed by atoms with Crippen LogP contribution >= 0.6 is 11.3 Å². The van der Waals surface area contributed by atoms with Crippen molar-refractivity contribution < 1.29 is 0 Å².